The maximum Gasteiger partial charge on any atom is 0.220 e. The Morgan fingerprint density at radius 2 is 1.90 bits per heavy atom. The van der Waals surface area contributed by atoms with Crippen LogP contribution in [0.25, 0.3) is 5.69 Å². The predicted molar refractivity (Wildman–Crippen MR) is 79.2 cm³/mol. The van der Waals surface area contributed by atoms with E-state index >= 15 is 0 Å². The van der Waals surface area contributed by atoms with Gasteiger partial charge in [0.25, 0.3) is 0 Å². The first-order valence-corrected chi connectivity index (χ1v) is 7.27. The summed E-state index contributed by atoms with van der Waals surface area (Å²) in [7, 11) is 0. The Morgan fingerprint density at radius 3 is 2.62 bits per heavy atom. The molecule has 1 N–H and O–H groups in total. The van der Waals surface area contributed by atoms with Crippen molar-refractivity contribution in [1.29, 1.82) is 0 Å². The van der Waals surface area contributed by atoms with Gasteiger partial charge in [-0.15, -0.1) is 5.10 Å². The molecule has 0 amide bonds. The van der Waals surface area contributed by atoms with E-state index in [0.717, 1.165) is 0 Å². The topological polar surface area (TPSA) is 76.7 Å². The largest absolute Gasteiger partial charge is 0.508 e. The van der Waals surface area contributed by atoms with Crippen molar-refractivity contribution in [3.8, 4) is 11.4 Å². The van der Waals surface area contributed by atoms with E-state index in [1.54, 1.807) is 30.3 Å². The summed E-state index contributed by atoms with van der Waals surface area (Å²) in [4.78, 5) is 4.15. The van der Waals surface area contributed by atoms with E-state index in [1.807, 2.05) is 0 Å². The quantitative estimate of drug-likeness (QED) is 0.789. The van der Waals surface area contributed by atoms with Gasteiger partial charge in [0, 0.05) is 6.20 Å². The van der Waals surface area contributed by atoms with Crippen LogP contribution < -0.4 is 0 Å². The molecule has 21 heavy (non-hydrogen) atoms. The molecule has 9 heteroatoms. The van der Waals surface area contributed by atoms with Gasteiger partial charge in [-0.3, -0.25) is 0 Å². The van der Waals surface area contributed by atoms with E-state index in [0.29, 0.717) is 25.9 Å². The van der Waals surface area contributed by atoms with Gasteiger partial charge >= 0.3 is 0 Å². The zero-order valence-electron chi connectivity index (χ0n) is 10.3. The lowest BCUT2D eigenvalue weighted by Gasteiger charge is -2.05. The van der Waals surface area contributed by atoms with Crippen LogP contribution in [0.15, 0.2) is 46.7 Å². The number of tetrazole rings is 1. The van der Waals surface area contributed by atoms with Gasteiger partial charge in [0.1, 0.15) is 10.8 Å². The van der Waals surface area contributed by atoms with Crippen LogP contribution in [0.2, 0.25) is 10.0 Å². The Kier molecular flexibility index (Phi) is 3.96. The van der Waals surface area contributed by atoms with Crippen LogP contribution in [0.3, 0.4) is 0 Å². The fourth-order valence-corrected chi connectivity index (χ4v) is 2.80. The Labute approximate surface area is 133 Å². The molecule has 2 aromatic heterocycles. The molecular formula is C12H7Cl2N5OS. The van der Waals surface area contributed by atoms with E-state index in [9.17, 15) is 5.11 Å². The van der Waals surface area contributed by atoms with Crippen LogP contribution in [0.4, 0.5) is 0 Å². The SMILES string of the molecule is Oc1ccc(-n2nnnc2Sc2ncc(Cl)cc2Cl)cc1. The molecule has 0 radical (unpaired) electrons. The number of phenolic OH excluding ortho intramolecular Hbond substituents is 1. The van der Waals surface area contributed by atoms with Crippen molar-refractivity contribution in [3.63, 3.8) is 0 Å². The van der Waals surface area contributed by atoms with E-state index in [2.05, 4.69) is 20.5 Å². The van der Waals surface area contributed by atoms with E-state index in [4.69, 9.17) is 23.2 Å². The molecule has 2 heterocycles. The van der Waals surface area contributed by atoms with Gasteiger partial charge in [-0.25, -0.2) is 4.98 Å². The van der Waals surface area contributed by atoms with Crippen LogP contribution in [0, 0.1) is 0 Å². The number of aromatic hydroxyl groups is 1. The highest BCUT2D eigenvalue weighted by atomic mass is 35.5. The maximum atomic E-state index is 9.32. The van der Waals surface area contributed by atoms with Gasteiger partial charge in [0.05, 0.1) is 15.7 Å². The molecule has 1 aromatic carbocycles. The minimum Gasteiger partial charge on any atom is -0.508 e. The molecule has 0 aliphatic heterocycles. The summed E-state index contributed by atoms with van der Waals surface area (Å²) < 4.78 is 1.52. The van der Waals surface area contributed by atoms with Crippen molar-refractivity contribution in [1.82, 2.24) is 25.2 Å². The number of nitrogens with zero attached hydrogens (tertiary/aromatic N) is 5. The second kappa shape index (κ2) is 5.88. The molecule has 0 saturated carbocycles. The Morgan fingerprint density at radius 1 is 1.14 bits per heavy atom. The van der Waals surface area contributed by atoms with Crippen molar-refractivity contribution < 1.29 is 5.11 Å². The number of rotatable bonds is 3. The van der Waals surface area contributed by atoms with E-state index in [1.165, 1.54) is 22.6 Å². The molecule has 0 bridgehead atoms. The van der Waals surface area contributed by atoms with Crippen LogP contribution in [0.5, 0.6) is 5.75 Å². The lowest BCUT2D eigenvalue weighted by Crippen LogP contribution is -1.98. The standard InChI is InChI=1S/C12H7Cl2N5OS/c13-7-5-10(14)11(15-6-7)21-12-16-17-18-19(12)8-1-3-9(20)4-2-8/h1-6,20H. The van der Waals surface area contributed by atoms with Gasteiger partial charge in [0.15, 0.2) is 0 Å². The first-order valence-electron chi connectivity index (χ1n) is 5.70. The maximum absolute atomic E-state index is 9.32. The second-order valence-electron chi connectivity index (χ2n) is 3.93. The summed E-state index contributed by atoms with van der Waals surface area (Å²) in [5.41, 5.74) is 0.713. The molecule has 0 atom stereocenters. The van der Waals surface area contributed by atoms with Crippen LogP contribution in [-0.4, -0.2) is 30.3 Å². The second-order valence-corrected chi connectivity index (χ2v) is 5.73. The molecule has 0 spiro atoms. The third-order valence-electron chi connectivity index (χ3n) is 2.50. The molecule has 106 valence electrons. The highest BCUT2D eigenvalue weighted by Gasteiger charge is 2.13. The van der Waals surface area contributed by atoms with Gasteiger partial charge in [0.2, 0.25) is 5.16 Å². The predicted octanol–water partition coefficient (Wildman–Crippen LogP) is 3.22. The van der Waals surface area contributed by atoms with Crippen LogP contribution in [-0.2, 0) is 0 Å². The smallest absolute Gasteiger partial charge is 0.220 e. The first kappa shape index (κ1) is 14.1. The van der Waals surface area contributed by atoms with Crippen molar-refractivity contribution in [3.05, 3.63) is 46.6 Å². The monoisotopic (exact) mass is 339 g/mol. The van der Waals surface area contributed by atoms with Gasteiger partial charge < -0.3 is 5.11 Å². The summed E-state index contributed by atoms with van der Waals surface area (Å²) in [6, 6.07) is 8.12. The summed E-state index contributed by atoms with van der Waals surface area (Å²) in [5.74, 6) is 0.170. The van der Waals surface area contributed by atoms with Crippen molar-refractivity contribution in [2.45, 2.75) is 10.2 Å². The summed E-state index contributed by atoms with van der Waals surface area (Å²) in [6.45, 7) is 0. The molecule has 6 nitrogen and oxygen atoms in total. The third kappa shape index (κ3) is 3.10. The molecule has 0 aliphatic carbocycles. The van der Waals surface area contributed by atoms with Crippen molar-refractivity contribution in [2.24, 2.45) is 0 Å². The number of aromatic nitrogens is 5. The van der Waals surface area contributed by atoms with E-state index in [-0.39, 0.29) is 5.75 Å². The number of phenols is 1. The fraction of sp³-hybridized carbons (Fsp3) is 0. The highest BCUT2D eigenvalue weighted by molar-refractivity contribution is 7.99. The van der Waals surface area contributed by atoms with Crippen LogP contribution >= 0.6 is 35.0 Å². The number of pyridine rings is 1. The number of benzene rings is 1. The van der Waals surface area contributed by atoms with Crippen molar-refractivity contribution in [2.75, 3.05) is 0 Å². The minimum atomic E-state index is 0.170. The highest BCUT2D eigenvalue weighted by Crippen LogP contribution is 2.32. The number of hydrogen-bond acceptors (Lipinski definition) is 6. The molecule has 0 saturated heterocycles. The Hall–Kier alpha value is -1.83. The summed E-state index contributed by atoms with van der Waals surface area (Å²) in [6.07, 6.45) is 1.50. The average molecular weight is 340 g/mol. The normalized spacial score (nSPS) is 10.8. The molecule has 0 unspecified atom stereocenters. The number of halogens is 2. The molecule has 0 aliphatic rings. The average Bonchev–Trinajstić information content (AvgIpc) is 2.91. The molecule has 3 aromatic rings. The molecule has 3 rings (SSSR count). The van der Waals surface area contributed by atoms with Crippen molar-refractivity contribution >= 4 is 35.0 Å². The Balaban J connectivity index is 1.94. The summed E-state index contributed by atoms with van der Waals surface area (Å²) in [5, 5.41) is 22.8. The lowest BCUT2D eigenvalue weighted by atomic mass is 10.3. The minimum absolute atomic E-state index is 0.170. The van der Waals surface area contributed by atoms with Gasteiger partial charge in [-0.1, -0.05) is 23.2 Å². The first-order chi connectivity index (χ1) is 10.1. The molecule has 0 fully saturated rings. The lowest BCUT2D eigenvalue weighted by molar-refractivity contribution is 0.475. The van der Waals surface area contributed by atoms with Crippen LogP contribution in [0.1, 0.15) is 0 Å². The Bertz CT molecular complexity index is 778. The third-order valence-corrected chi connectivity index (χ3v) is 4.06. The van der Waals surface area contributed by atoms with Gasteiger partial charge in [-0.05, 0) is 52.5 Å². The zero-order chi connectivity index (χ0) is 14.8. The van der Waals surface area contributed by atoms with Gasteiger partial charge in [-0.2, -0.15) is 4.68 Å². The zero-order valence-corrected chi connectivity index (χ0v) is 12.6. The number of hydrogen-bond donors (Lipinski definition) is 1. The fourth-order valence-electron chi connectivity index (χ4n) is 1.56. The summed E-state index contributed by atoms with van der Waals surface area (Å²) >= 11 is 13.1. The van der Waals surface area contributed by atoms with E-state index < -0.39 is 0 Å². The molecular weight excluding hydrogens is 333 g/mol.